The fraction of sp³-hybridized carbons (Fsp3) is 0.467. The van der Waals surface area contributed by atoms with Crippen LogP contribution in [0.2, 0.25) is 5.02 Å². The van der Waals surface area contributed by atoms with Gasteiger partial charge in [0.05, 0.1) is 11.5 Å². The van der Waals surface area contributed by atoms with Crippen molar-refractivity contribution in [3.05, 3.63) is 46.6 Å². The number of halogens is 1. The molecule has 0 bridgehead atoms. The zero-order valence-electron chi connectivity index (χ0n) is 12.0. The lowest BCUT2D eigenvalue weighted by molar-refractivity contribution is 0.0778. The third-order valence-electron chi connectivity index (χ3n) is 3.62. The molecule has 2 heterocycles. The predicted molar refractivity (Wildman–Crippen MR) is 84.1 cm³/mol. The zero-order valence-corrected chi connectivity index (χ0v) is 13.6. The molecule has 1 aromatic carbocycles. The van der Waals surface area contributed by atoms with Crippen LogP contribution < -0.4 is 0 Å². The summed E-state index contributed by atoms with van der Waals surface area (Å²) < 4.78 is 22.9. The van der Waals surface area contributed by atoms with E-state index in [1.807, 2.05) is 18.2 Å². The Morgan fingerprint density at radius 3 is 2.77 bits per heavy atom. The molecule has 3 rings (SSSR count). The van der Waals surface area contributed by atoms with Crippen molar-refractivity contribution >= 4 is 22.4 Å². The van der Waals surface area contributed by atoms with Crippen molar-refractivity contribution in [2.75, 3.05) is 13.2 Å². The first-order valence-electron chi connectivity index (χ1n) is 7.21. The maximum atomic E-state index is 12.2. The normalized spacial score (nSPS) is 17.5. The largest absolute Gasteiger partial charge is 0.381 e. The molecule has 1 saturated heterocycles. The van der Waals surface area contributed by atoms with Crippen LogP contribution in [0.15, 0.2) is 28.8 Å². The summed E-state index contributed by atoms with van der Waals surface area (Å²) in [4.78, 5) is 4.38. The lowest BCUT2D eigenvalue weighted by Gasteiger charge is -2.17. The van der Waals surface area contributed by atoms with Gasteiger partial charge in [0, 0.05) is 35.0 Å². The SMILES string of the molecule is O=S(Cc1noc(C2CCOCC2)n1)Cc1ccccc1Cl. The second kappa shape index (κ2) is 7.35. The van der Waals surface area contributed by atoms with Crippen LogP contribution in [0, 0.1) is 0 Å². The lowest BCUT2D eigenvalue weighted by Crippen LogP contribution is -2.14. The maximum Gasteiger partial charge on any atom is 0.229 e. The minimum Gasteiger partial charge on any atom is -0.381 e. The Morgan fingerprint density at radius 2 is 2.00 bits per heavy atom. The van der Waals surface area contributed by atoms with Crippen molar-refractivity contribution in [2.24, 2.45) is 0 Å². The molecular weight excluding hydrogens is 324 g/mol. The van der Waals surface area contributed by atoms with E-state index in [9.17, 15) is 4.21 Å². The number of nitrogens with zero attached hydrogens (tertiary/aromatic N) is 2. The molecule has 0 amide bonds. The molecule has 22 heavy (non-hydrogen) atoms. The topological polar surface area (TPSA) is 65.2 Å². The highest BCUT2D eigenvalue weighted by atomic mass is 35.5. The van der Waals surface area contributed by atoms with Gasteiger partial charge in [-0.05, 0) is 24.5 Å². The molecule has 5 nitrogen and oxygen atoms in total. The van der Waals surface area contributed by atoms with E-state index in [-0.39, 0.29) is 11.7 Å². The van der Waals surface area contributed by atoms with Crippen molar-refractivity contribution in [2.45, 2.75) is 30.3 Å². The summed E-state index contributed by atoms with van der Waals surface area (Å²) in [6.07, 6.45) is 1.79. The number of benzene rings is 1. The monoisotopic (exact) mass is 340 g/mol. The van der Waals surface area contributed by atoms with Crippen LogP contribution in [0.5, 0.6) is 0 Å². The van der Waals surface area contributed by atoms with Crippen LogP contribution >= 0.6 is 11.6 Å². The molecule has 1 atom stereocenters. The van der Waals surface area contributed by atoms with Crippen LogP contribution in [0.4, 0.5) is 0 Å². The Balaban J connectivity index is 1.60. The van der Waals surface area contributed by atoms with Crippen LogP contribution in [0.3, 0.4) is 0 Å². The molecule has 7 heteroatoms. The molecule has 1 fully saturated rings. The van der Waals surface area contributed by atoms with Gasteiger partial charge in [0.15, 0.2) is 5.82 Å². The Labute approximate surface area is 136 Å². The second-order valence-electron chi connectivity index (χ2n) is 5.26. The summed E-state index contributed by atoms with van der Waals surface area (Å²) in [5.74, 6) is 2.05. The standard InChI is InChI=1S/C15H17ClN2O3S/c16-13-4-2-1-3-12(13)9-22(19)10-14-17-15(21-18-14)11-5-7-20-8-6-11/h1-4,11H,5-10H2. The second-order valence-corrected chi connectivity index (χ2v) is 7.12. The van der Waals surface area contributed by atoms with Crippen LogP contribution in [-0.2, 0) is 27.0 Å². The van der Waals surface area contributed by atoms with E-state index < -0.39 is 10.8 Å². The van der Waals surface area contributed by atoms with Gasteiger partial charge in [0.25, 0.3) is 0 Å². The van der Waals surface area contributed by atoms with Crippen LogP contribution in [0.1, 0.15) is 36.0 Å². The summed E-state index contributed by atoms with van der Waals surface area (Å²) in [6, 6.07) is 7.42. The van der Waals surface area contributed by atoms with E-state index >= 15 is 0 Å². The third-order valence-corrected chi connectivity index (χ3v) is 5.20. The summed E-state index contributed by atoms with van der Waals surface area (Å²) in [5.41, 5.74) is 0.871. The van der Waals surface area contributed by atoms with E-state index in [2.05, 4.69) is 10.1 Å². The van der Waals surface area contributed by atoms with E-state index in [0.29, 0.717) is 22.5 Å². The molecule has 0 saturated carbocycles. The highest BCUT2D eigenvalue weighted by Gasteiger charge is 2.22. The zero-order chi connectivity index (χ0) is 15.4. The smallest absolute Gasteiger partial charge is 0.229 e. The summed E-state index contributed by atoms with van der Waals surface area (Å²) in [6.45, 7) is 1.45. The van der Waals surface area contributed by atoms with Crippen LogP contribution in [0.25, 0.3) is 0 Å². The Bertz CT molecular complexity index is 656. The Hall–Kier alpha value is -1.24. The van der Waals surface area contributed by atoms with E-state index in [1.165, 1.54) is 0 Å². The molecule has 1 aromatic heterocycles. The number of rotatable bonds is 5. The number of hydrogen-bond acceptors (Lipinski definition) is 5. The molecular formula is C15H17ClN2O3S. The van der Waals surface area contributed by atoms with Gasteiger partial charge in [-0.3, -0.25) is 4.21 Å². The van der Waals surface area contributed by atoms with Gasteiger partial charge in [0.2, 0.25) is 5.89 Å². The lowest BCUT2D eigenvalue weighted by atomic mass is 10.0. The molecule has 2 aromatic rings. The Kier molecular flexibility index (Phi) is 5.23. The van der Waals surface area contributed by atoms with Gasteiger partial charge in [-0.25, -0.2) is 0 Å². The summed E-state index contributed by atoms with van der Waals surface area (Å²) in [7, 11) is -1.12. The van der Waals surface area contributed by atoms with Gasteiger partial charge < -0.3 is 9.26 Å². The highest BCUT2D eigenvalue weighted by Crippen LogP contribution is 2.25. The number of ether oxygens (including phenoxy) is 1. The van der Waals surface area contributed by atoms with Gasteiger partial charge in [-0.1, -0.05) is 35.0 Å². The molecule has 1 aliphatic rings. The van der Waals surface area contributed by atoms with Crippen LogP contribution in [-0.4, -0.2) is 27.6 Å². The molecule has 1 unspecified atom stereocenters. The molecule has 0 N–H and O–H groups in total. The highest BCUT2D eigenvalue weighted by molar-refractivity contribution is 7.83. The molecule has 0 spiro atoms. The van der Waals surface area contributed by atoms with Gasteiger partial charge >= 0.3 is 0 Å². The molecule has 0 aliphatic carbocycles. The summed E-state index contributed by atoms with van der Waals surface area (Å²) in [5, 5.41) is 4.57. The molecule has 0 radical (unpaired) electrons. The first kappa shape index (κ1) is 15.6. The third kappa shape index (κ3) is 3.94. The van der Waals surface area contributed by atoms with Crippen molar-refractivity contribution in [3.8, 4) is 0 Å². The van der Waals surface area contributed by atoms with E-state index in [1.54, 1.807) is 6.07 Å². The van der Waals surface area contributed by atoms with Crippen molar-refractivity contribution in [3.63, 3.8) is 0 Å². The quantitative estimate of drug-likeness (QED) is 0.837. The van der Waals surface area contributed by atoms with E-state index in [0.717, 1.165) is 31.6 Å². The fourth-order valence-corrected chi connectivity index (χ4v) is 3.81. The van der Waals surface area contributed by atoms with E-state index in [4.69, 9.17) is 20.9 Å². The van der Waals surface area contributed by atoms with Gasteiger partial charge in [-0.15, -0.1) is 0 Å². The number of hydrogen-bond donors (Lipinski definition) is 0. The van der Waals surface area contributed by atoms with Crippen molar-refractivity contribution < 1.29 is 13.5 Å². The fourth-order valence-electron chi connectivity index (χ4n) is 2.42. The minimum absolute atomic E-state index is 0.256. The average Bonchev–Trinajstić information content (AvgIpc) is 2.99. The minimum atomic E-state index is -1.12. The first-order valence-corrected chi connectivity index (χ1v) is 9.07. The Morgan fingerprint density at radius 1 is 1.23 bits per heavy atom. The van der Waals surface area contributed by atoms with Gasteiger partial charge in [-0.2, -0.15) is 4.98 Å². The maximum absolute atomic E-state index is 12.2. The van der Waals surface area contributed by atoms with Gasteiger partial charge in [0.1, 0.15) is 0 Å². The molecule has 1 aliphatic heterocycles. The predicted octanol–water partition coefficient (Wildman–Crippen LogP) is 3.07. The summed E-state index contributed by atoms with van der Waals surface area (Å²) >= 11 is 6.08. The van der Waals surface area contributed by atoms with Crippen molar-refractivity contribution in [1.29, 1.82) is 0 Å². The number of aromatic nitrogens is 2. The first-order chi connectivity index (χ1) is 10.7. The van der Waals surface area contributed by atoms with Crippen molar-refractivity contribution in [1.82, 2.24) is 10.1 Å². The average molecular weight is 341 g/mol. The molecule has 118 valence electrons.